The summed E-state index contributed by atoms with van der Waals surface area (Å²) in [6, 6.07) is 16.8. The Bertz CT molecular complexity index is 1010. The predicted molar refractivity (Wildman–Crippen MR) is 101 cm³/mol. The maximum absolute atomic E-state index is 13.6. The van der Waals surface area contributed by atoms with E-state index in [1.165, 1.54) is 22.9 Å². The van der Waals surface area contributed by atoms with Gasteiger partial charge in [-0.25, -0.2) is 13.9 Å². The zero-order valence-electron chi connectivity index (χ0n) is 15.0. The fraction of sp³-hybridized carbons (Fsp3) is 0.190. The molecule has 0 atom stereocenters. The SMILES string of the molecule is O=C(COC(=O)c1cc(C2CC2)nn1-c1ccccc1)Nc1ccccc1F. The molecule has 0 bridgehead atoms. The summed E-state index contributed by atoms with van der Waals surface area (Å²) in [7, 11) is 0. The second-order valence-corrected chi connectivity index (χ2v) is 6.58. The second kappa shape index (κ2) is 7.64. The number of ether oxygens (including phenoxy) is 1. The van der Waals surface area contributed by atoms with E-state index in [2.05, 4.69) is 10.4 Å². The number of para-hydroxylation sites is 2. The van der Waals surface area contributed by atoms with Crippen LogP contribution in [0.4, 0.5) is 10.1 Å². The molecule has 142 valence electrons. The zero-order valence-corrected chi connectivity index (χ0v) is 15.0. The minimum absolute atomic E-state index is 0.0360. The summed E-state index contributed by atoms with van der Waals surface area (Å²) in [4.78, 5) is 24.6. The molecule has 28 heavy (non-hydrogen) atoms. The van der Waals surface area contributed by atoms with Crippen molar-refractivity contribution in [2.24, 2.45) is 0 Å². The smallest absolute Gasteiger partial charge is 0.357 e. The van der Waals surface area contributed by atoms with E-state index in [9.17, 15) is 14.0 Å². The molecule has 6 nitrogen and oxygen atoms in total. The summed E-state index contributed by atoms with van der Waals surface area (Å²) < 4.78 is 20.3. The number of carbonyl (C=O) groups is 2. The molecule has 7 heteroatoms. The molecule has 0 saturated heterocycles. The van der Waals surface area contributed by atoms with Gasteiger partial charge in [-0.1, -0.05) is 30.3 Å². The lowest BCUT2D eigenvalue weighted by Gasteiger charge is -2.09. The van der Waals surface area contributed by atoms with Gasteiger partial charge in [0.2, 0.25) is 0 Å². The number of hydrogen-bond acceptors (Lipinski definition) is 4. The fourth-order valence-corrected chi connectivity index (χ4v) is 2.84. The summed E-state index contributed by atoms with van der Waals surface area (Å²) >= 11 is 0. The molecule has 1 amide bonds. The third kappa shape index (κ3) is 3.93. The van der Waals surface area contributed by atoms with Gasteiger partial charge in [-0.2, -0.15) is 5.10 Å². The average molecular weight is 379 g/mol. The number of carbonyl (C=O) groups excluding carboxylic acids is 2. The van der Waals surface area contributed by atoms with Gasteiger partial charge in [0.05, 0.1) is 17.1 Å². The number of anilines is 1. The molecule has 1 aromatic heterocycles. The van der Waals surface area contributed by atoms with Crippen LogP contribution in [0.2, 0.25) is 0 Å². The molecule has 1 N–H and O–H groups in total. The van der Waals surface area contributed by atoms with Gasteiger partial charge in [0.1, 0.15) is 5.82 Å². The van der Waals surface area contributed by atoms with E-state index in [4.69, 9.17) is 4.74 Å². The van der Waals surface area contributed by atoms with Crippen LogP contribution >= 0.6 is 0 Å². The Kier molecular flexibility index (Phi) is 4.89. The number of amides is 1. The number of benzene rings is 2. The lowest BCUT2D eigenvalue weighted by atomic mass is 10.2. The number of hydrogen-bond donors (Lipinski definition) is 1. The normalized spacial score (nSPS) is 13.2. The van der Waals surface area contributed by atoms with Crippen molar-refractivity contribution in [1.29, 1.82) is 0 Å². The number of halogens is 1. The second-order valence-electron chi connectivity index (χ2n) is 6.58. The van der Waals surface area contributed by atoms with Gasteiger partial charge in [-0.3, -0.25) is 4.79 Å². The average Bonchev–Trinajstić information content (AvgIpc) is 3.47. The molecule has 1 fully saturated rings. The third-order valence-corrected chi connectivity index (χ3v) is 4.42. The Morgan fingerprint density at radius 1 is 1.11 bits per heavy atom. The highest BCUT2D eigenvalue weighted by molar-refractivity contribution is 5.95. The molecule has 0 radical (unpaired) electrons. The Hall–Kier alpha value is -3.48. The maximum Gasteiger partial charge on any atom is 0.357 e. The molecule has 3 aromatic rings. The molecule has 0 spiro atoms. The van der Waals surface area contributed by atoms with E-state index in [1.54, 1.807) is 12.1 Å². The number of nitrogens with zero attached hydrogens (tertiary/aromatic N) is 2. The molecule has 4 rings (SSSR count). The van der Waals surface area contributed by atoms with Crippen LogP contribution in [0.25, 0.3) is 5.69 Å². The third-order valence-electron chi connectivity index (χ3n) is 4.42. The highest BCUT2D eigenvalue weighted by Crippen LogP contribution is 2.39. The van der Waals surface area contributed by atoms with Gasteiger partial charge in [0, 0.05) is 5.92 Å². The molecule has 1 heterocycles. The molecular formula is C21H18FN3O3. The van der Waals surface area contributed by atoms with Crippen LogP contribution in [-0.2, 0) is 9.53 Å². The van der Waals surface area contributed by atoms with Crippen molar-refractivity contribution < 1.29 is 18.7 Å². The van der Waals surface area contributed by atoms with Gasteiger partial charge >= 0.3 is 5.97 Å². The van der Waals surface area contributed by atoms with Crippen LogP contribution in [0, 0.1) is 5.82 Å². The van der Waals surface area contributed by atoms with Gasteiger partial charge in [-0.15, -0.1) is 0 Å². The van der Waals surface area contributed by atoms with Gasteiger partial charge in [-0.05, 0) is 43.2 Å². The number of nitrogens with one attached hydrogen (secondary N) is 1. The van der Waals surface area contributed by atoms with E-state index < -0.39 is 24.3 Å². The first-order valence-corrected chi connectivity index (χ1v) is 8.98. The summed E-state index contributed by atoms with van der Waals surface area (Å²) in [6.45, 7) is -0.522. The van der Waals surface area contributed by atoms with Gasteiger partial charge in [0.15, 0.2) is 12.3 Å². The lowest BCUT2D eigenvalue weighted by Crippen LogP contribution is -2.22. The van der Waals surface area contributed by atoms with E-state index in [0.717, 1.165) is 24.2 Å². The van der Waals surface area contributed by atoms with Gasteiger partial charge in [0.25, 0.3) is 5.91 Å². The number of esters is 1. The van der Waals surface area contributed by atoms with E-state index in [0.29, 0.717) is 5.92 Å². The van der Waals surface area contributed by atoms with Crippen molar-refractivity contribution in [2.45, 2.75) is 18.8 Å². The molecular weight excluding hydrogens is 361 g/mol. The van der Waals surface area contributed by atoms with Crippen LogP contribution in [-0.4, -0.2) is 28.3 Å². The minimum atomic E-state index is -0.660. The lowest BCUT2D eigenvalue weighted by molar-refractivity contribution is -0.119. The van der Waals surface area contributed by atoms with Crippen molar-refractivity contribution >= 4 is 17.6 Å². The van der Waals surface area contributed by atoms with Crippen molar-refractivity contribution in [1.82, 2.24) is 9.78 Å². The van der Waals surface area contributed by atoms with Crippen molar-refractivity contribution in [3.8, 4) is 5.69 Å². The first-order chi connectivity index (χ1) is 13.6. The predicted octanol–water partition coefficient (Wildman–Crippen LogP) is 3.68. The summed E-state index contributed by atoms with van der Waals surface area (Å²) in [5, 5.41) is 6.92. The Balaban J connectivity index is 1.47. The minimum Gasteiger partial charge on any atom is -0.451 e. The van der Waals surface area contributed by atoms with Crippen LogP contribution < -0.4 is 5.32 Å². The molecule has 1 aliphatic rings. The van der Waals surface area contributed by atoms with Crippen LogP contribution in [0.3, 0.4) is 0 Å². The molecule has 1 saturated carbocycles. The van der Waals surface area contributed by atoms with E-state index >= 15 is 0 Å². The molecule has 1 aliphatic carbocycles. The quantitative estimate of drug-likeness (QED) is 0.663. The largest absolute Gasteiger partial charge is 0.451 e. The topological polar surface area (TPSA) is 73.2 Å². The Morgan fingerprint density at radius 3 is 2.54 bits per heavy atom. The number of aromatic nitrogens is 2. The van der Waals surface area contributed by atoms with E-state index in [1.807, 2.05) is 30.3 Å². The monoisotopic (exact) mass is 379 g/mol. The zero-order chi connectivity index (χ0) is 19.5. The maximum atomic E-state index is 13.6. The first-order valence-electron chi connectivity index (χ1n) is 8.98. The van der Waals surface area contributed by atoms with Crippen molar-refractivity contribution in [2.75, 3.05) is 11.9 Å². The molecule has 0 unspecified atom stereocenters. The Labute approximate surface area is 160 Å². The van der Waals surface area contributed by atoms with Crippen LogP contribution in [0.5, 0.6) is 0 Å². The summed E-state index contributed by atoms with van der Waals surface area (Å²) in [5.41, 5.74) is 1.87. The van der Waals surface area contributed by atoms with Crippen molar-refractivity contribution in [3.63, 3.8) is 0 Å². The fourth-order valence-electron chi connectivity index (χ4n) is 2.84. The molecule has 2 aromatic carbocycles. The van der Waals surface area contributed by atoms with Crippen LogP contribution in [0.1, 0.15) is 34.9 Å². The molecule has 0 aliphatic heterocycles. The highest BCUT2D eigenvalue weighted by atomic mass is 19.1. The number of rotatable bonds is 6. The van der Waals surface area contributed by atoms with Crippen LogP contribution in [0.15, 0.2) is 60.7 Å². The highest BCUT2D eigenvalue weighted by Gasteiger charge is 2.29. The first kappa shape index (κ1) is 17.9. The van der Waals surface area contributed by atoms with Crippen molar-refractivity contribution in [3.05, 3.63) is 77.9 Å². The summed E-state index contributed by atoms with van der Waals surface area (Å²) in [5.74, 6) is -1.47. The Morgan fingerprint density at radius 2 is 1.82 bits per heavy atom. The van der Waals surface area contributed by atoms with Gasteiger partial charge < -0.3 is 10.1 Å². The standard InChI is InChI=1S/C21H18FN3O3/c22-16-8-4-5-9-17(16)23-20(26)13-28-21(27)19-12-18(14-10-11-14)24-25(19)15-6-2-1-3-7-15/h1-9,12,14H,10-11,13H2,(H,23,26). The summed E-state index contributed by atoms with van der Waals surface area (Å²) in [6.07, 6.45) is 2.09. The van der Waals surface area contributed by atoms with E-state index in [-0.39, 0.29) is 11.4 Å².